The molecule has 140 valence electrons. The summed E-state index contributed by atoms with van der Waals surface area (Å²) in [4.78, 5) is 19.0. The van der Waals surface area contributed by atoms with Crippen LogP contribution in [-0.4, -0.2) is 21.9 Å². The van der Waals surface area contributed by atoms with Crippen molar-refractivity contribution in [1.82, 2.24) is 9.97 Å². The maximum atomic E-state index is 14.1. The number of hydrogen-bond acceptors (Lipinski definition) is 2. The summed E-state index contributed by atoms with van der Waals surface area (Å²) in [6.07, 6.45) is 2.16. The van der Waals surface area contributed by atoms with Crippen molar-refractivity contribution in [2.75, 3.05) is 10.6 Å². The quantitative estimate of drug-likeness (QED) is 0.548. The van der Waals surface area contributed by atoms with E-state index in [1.165, 1.54) is 6.20 Å². The zero-order chi connectivity index (χ0) is 19.2. The highest BCUT2D eigenvalue weighted by atomic mass is 35.5. The van der Waals surface area contributed by atoms with Gasteiger partial charge in [-0.15, -0.1) is 0 Å². The molecule has 4 rings (SSSR count). The lowest BCUT2D eigenvalue weighted by atomic mass is 9.79. The van der Waals surface area contributed by atoms with Gasteiger partial charge in [-0.2, -0.15) is 0 Å². The number of urea groups is 1. The number of halogens is 4. The van der Waals surface area contributed by atoms with E-state index in [1.54, 1.807) is 18.3 Å². The molecule has 0 radical (unpaired) electrons. The molecule has 3 N–H and O–H groups in total. The van der Waals surface area contributed by atoms with Crippen molar-refractivity contribution in [1.29, 1.82) is 0 Å². The third-order valence-electron chi connectivity index (χ3n) is 4.48. The van der Waals surface area contributed by atoms with E-state index in [4.69, 9.17) is 11.6 Å². The lowest BCUT2D eigenvalue weighted by Crippen LogP contribution is -2.34. The molecule has 27 heavy (non-hydrogen) atoms. The molecular formula is C18H14ClF3N4O. The Morgan fingerprint density at radius 2 is 1.96 bits per heavy atom. The van der Waals surface area contributed by atoms with Crippen molar-refractivity contribution in [2.45, 2.75) is 24.7 Å². The van der Waals surface area contributed by atoms with Gasteiger partial charge in [0.15, 0.2) is 0 Å². The summed E-state index contributed by atoms with van der Waals surface area (Å²) in [5.74, 6) is -4.07. The fourth-order valence-electron chi connectivity index (χ4n) is 3.16. The molecule has 2 heterocycles. The topological polar surface area (TPSA) is 69.8 Å². The van der Waals surface area contributed by atoms with Gasteiger partial charge in [0.2, 0.25) is 5.92 Å². The van der Waals surface area contributed by atoms with E-state index >= 15 is 0 Å². The van der Waals surface area contributed by atoms with Crippen LogP contribution in [0.2, 0.25) is 5.02 Å². The second-order valence-corrected chi connectivity index (χ2v) is 6.94. The van der Waals surface area contributed by atoms with Crippen molar-refractivity contribution in [3.63, 3.8) is 0 Å². The van der Waals surface area contributed by atoms with Crippen LogP contribution >= 0.6 is 11.6 Å². The Balaban J connectivity index is 1.44. The van der Waals surface area contributed by atoms with Gasteiger partial charge in [-0.3, -0.25) is 4.98 Å². The Hall–Kier alpha value is -2.74. The van der Waals surface area contributed by atoms with E-state index in [-0.39, 0.29) is 11.4 Å². The number of nitrogens with zero attached hydrogens (tertiary/aromatic N) is 1. The average Bonchev–Trinajstić information content (AvgIpc) is 3.01. The number of aromatic nitrogens is 2. The molecule has 0 unspecified atom stereocenters. The standard InChI is InChI=1S/C18H14ClF3N4O/c19-13-3-10(5-15-12(13)1-2-23-15)25-17(27)26-11-4-14(20)16(24-8-11)9-6-18(21,22)7-9/h1-5,8-9,23H,6-7H2,(H2,25,26,27). The first-order valence-corrected chi connectivity index (χ1v) is 8.56. The molecule has 2 amide bonds. The highest BCUT2D eigenvalue weighted by Crippen LogP contribution is 2.48. The van der Waals surface area contributed by atoms with Crippen LogP contribution in [0, 0.1) is 5.82 Å². The molecule has 1 saturated carbocycles. The van der Waals surface area contributed by atoms with Gasteiger partial charge in [0.1, 0.15) is 5.82 Å². The van der Waals surface area contributed by atoms with Gasteiger partial charge in [-0.1, -0.05) is 11.6 Å². The number of amides is 2. The van der Waals surface area contributed by atoms with Crippen molar-refractivity contribution < 1.29 is 18.0 Å². The number of H-pyrrole nitrogens is 1. The van der Waals surface area contributed by atoms with Crippen LogP contribution in [0.15, 0.2) is 36.7 Å². The Labute approximate surface area is 156 Å². The predicted molar refractivity (Wildman–Crippen MR) is 97.1 cm³/mol. The monoisotopic (exact) mass is 394 g/mol. The molecule has 0 atom stereocenters. The van der Waals surface area contributed by atoms with E-state index in [1.807, 2.05) is 6.07 Å². The van der Waals surface area contributed by atoms with Gasteiger partial charge >= 0.3 is 6.03 Å². The third-order valence-corrected chi connectivity index (χ3v) is 4.79. The number of benzene rings is 1. The van der Waals surface area contributed by atoms with Crippen LogP contribution in [0.4, 0.5) is 29.3 Å². The zero-order valence-electron chi connectivity index (χ0n) is 13.8. The summed E-state index contributed by atoms with van der Waals surface area (Å²) in [5.41, 5.74) is 1.32. The van der Waals surface area contributed by atoms with Crippen LogP contribution in [-0.2, 0) is 0 Å². The number of pyridine rings is 1. The Morgan fingerprint density at radius 3 is 2.67 bits per heavy atom. The second-order valence-electron chi connectivity index (χ2n) is 6.53. The molecule has 0 aliphatic heterocycles. The number of alkyl halides is 2. The van der Waals surface area contributed by atoms with Crippen molar-refractivity contribution in [2.24, 2.45) is 0 Å². The van der Waals surface area contributed by atoms with Gasteiger partial charge in [-0.05, 0) is 18.2 Å². The second kappa shape index (κ2) is 6.45. The minimum absolute atomic E-state index is 0.00383. The average molecular weight is 395 g/mol. The van der Waals surface area contributed by atoms with E-state index in [0.717, 1.165) is 17.0 Å². The molecule has 1 aromatic carbocycles. The first-order chi connectivity index (χ1) is 12.8. The minimum atomic E-state index is -2.75. The molecule has 1 aliphatic rings. The number of aromatic amines is 1. The first kappa shape index (κ1) is 17.7. The van der Waals surface area contributed by atoms with E-state index in [0.29, 0.717) is 10.7 Å². The number of carbonyl (C=O) groups is 1. The highest BCUT2D eigenvalue weighted by molar-refractivity contribution is 6.35. The van der Waals surface area contributed by atoms with Gasteiger partial charge in [0.05, 0.1) is 22.6 Å². The maximum Gasteiger partial charge on any atom is 0.323 e. The Morgan fingerprint density at radius 1 is 1.22 bits per heavy atom. The molecule has 2 aromatic heterocycles. The molecule has 0 spiro atoms. The van der Waals surface area contributed by atoms with Gasteiger partial charge in [0, 0.05) is 47.6 Å². The fourth-order valence-corrected chi connectivity index (χ4v) is 3.44. The Kier molecular flexibility index (Phi) is 4.22. The molecule has 1 fully saturated rings. The SMILES string of the molecule is O=C(Nc1cnc(C2CC(F)(F)C2)c(F)c1)Nc1cc(Cl)c2cc[nH]c2c1. The summed E-state index contributed by atoms with van der Waals surface area (Å²) in [6.45, 7) is 0. The lowest BCUT2D eigenvalue weighted by Gasteiger charge is -2.34. The van der Waals surface area contributed by atoms with Crippen LogP contribution in [0.5, 0.6) is 0 Å². The summed E-state index contributed by atoms with van der Waals surface area (Å²) in [7, 11) is 0. The first-order valence-electron chi connectivity index (χ1n) is 8.19. The zero-order valence-corrected chi connectivity index (χ0v) is 14.6. The molecule has 5 nitrogen and oxygen atoms in total. The minimum Gasteiger partial charge on any atom is -0.361 e. The summed E-state index contributed by atoms with van der Waals surface area (Å²) < 4.78 is 40.0. The number of anilines is 2. The maximum absolute atomic E-state index is 14.1. The number of hydrogen-bond donors (Lipinski definition) is 3. The molecule has 1 aliphatic carbocycles. The normalized spacial score (nSPS) is 16.1. The third kappa shape index (κ3) is 3.57. The lowest BCUT2D eigenvalue weighted by molar-refractivity contribution is -0.0882. The fraction of sp³-hybridized carbons (Fsp3) is 0.222. The molecule has 0 saturated heterocycles. The van der Waals surface area contributed by atoms with Crippen molar-refractivity contribution in [3.05, 3.63) is 53.2 Å². The van der Waals surface area contributed by atoms with Crippen molar-refractivity contribution >= 4 is 39.9 Å². The van der Waals surface area contributed by atoms with E-state index in [2.05, 4.69) is 20.6 Å². The van der Waals surface area contributed by atoms with Crippen LogP contribution in [0.1, 0.15) is 24.5 Å². The molecule has 9 heteroatoms. The predicted octanol–water partition coefficient (Wildman–Crippen LogP) is 5.51. The number of fused-ring (bicyclic) bond motifs is 1. The van der Waals surface area contributed by atoms with Gasteiger partial charge < -0.3 is 15.6 Å². The smallest absolute Gasteiger partial charge is 0.323 e. The number of carbonyl (C=O) groups excluding carboxylic acids is 1. The van der Waals surface area contributed by atoms with E-state index < -0.39 is 36.5 Å². The summed E-state index contributed by atoms with van der Waals surface area (Å²) in [5, 5.41) is 6.35. The number of nitrogens with one attached hydrogen (secondary N) is 3. The largest absolute Gasteiger partial charge is 0.361 e. The van der Waals surface area contributed by atoms with E-state index in [9.17, 15) is 18.0 Å². The Bertz CT molecular complexity index is 1030. The van der Waals surface area contributed by atoms with Gasteiger partial charge in [-0.25, -0.2) is 18.0 Å². The van der Waals surface area contributed by atoms with Gasteiger partial charge in [0.25, 0.3) is 0 Å². The van der Waals surface area contributed by atoms with Crippen LogP contribution in [0.25, 0.3) is 10.9 Å². The van der Waals surface area contributed by atoms with Crippen LogP contribution < -0.4 is 10.6 Å². The number of rotatable bonds is 3. The summed E-state index contributed by atoms with van der Waals surface area (Å²) >= 11 is 6.15. The summed E-state index contributed by atoms with van der Waals surface area (Å²) in [6, 6.07) is 5.57. The highest BCUT2D eigenvalue weighted by Gasteiger charge is 2.47. The molecule has 0 bridgehead atoms. The van der Waals surface area contributed by atoms with Crippen LogP contribution in [0.3, 0.4) is 0 Å². The molecule has 3 aromatic rings. The molecular weight excluding hydrogens is 381 g/mol. The van der Waals surface area contributed by atoms with Crippen molar-refractivity contribution in [3.8, 4) is 0 Å².